The van der Waals surface area contributed by atoms with Gasteiger partial charge in [0.1, 0.15) is 6.23 Å². The van der Waals surface area contributed by atoms with Crippen molar-refractivity contribution >= 4 is 9.84 Å². The van der Waals surface area contributed by atoms with Crippen LogP contribution in [0.1, 0.15) is 34.9 Å². The van der Waals surface area contributed by atoms with Crippen LogP contribution in [-0.2, 0) is 9.84 Å². The summed E-state index contributed by atoms with van der Waals surface area (Å²) in [4.78, 5) is 2.00. The summed E-state index contributed by atoms with van der Waals surface area (Å²) in [6.45, 7) is 2.18. The number of hydrogen-bond acceptors (Lipinski definition) is 4. The van der Waals surface area contributed by atoms with Gasteiger partial charge in [-0.3, -0.25) is 4.90 Å². The summed E-state index contributed by atoms with van der Waals surface area (Å²) in [6.07, 6.45) is -0.845. The van der Waals surface area contributed by atoms with Gasteiger partial charge in [0.25, 0.3) is 0 Å². The van der Waals surface area contributed by atoms with E-state index in [9.17, 15) is 13.5 Å². The molecule has 0 aromatic heterocycles. The molecule has 1 aliphatic heterocycles. The minimum absolute atomic E-state index is 0.0522. The van der Waals surface area contributed by atoms with E-state index >= 15 is 0 Å². The SMILES string of the molecule is CCS(=O)(=O)C(c1ccccc1)C1CN(C(c2ccccc2)c2ccccc2)C1O. The molecule has 1 heterocycles. The largest absolute Gasteiger partial charge is 0.378 e. The molecule has 3 aromatic rings. The molecule has 0 spiro atoms. The van der Waals surface area contributed by atoms with Crippen molar-refractivity contribution in [2.45, 2.75) is 24.4 Å². The van der Waals surface area contributed by atoms with Crippen LogP contribution in [0.5, 0.6) is 0 Å². The van der Waals surface area contributed by atoms with E-state index in [2.05, 4.69) is 24.3 Å². The van der Waals surface area contributed by atoms with Crippen molar-refractivity contribution in [1.29, 1.82) is 0 Å². The van der Waals surface area contributed by atoms with E-state index in [1.165, 1.54) is 0 Å². The van der Waals surface area contributed by atoms with E-state index in [0.29, 0.717) is 6.54 Å². The second kappa shape index (κ2) is 8.72. The third-order valence-corrected chi connectivity index (χ3v) is 8.21. The molecule has 1 aliphatic rings. The molecule has 1 N–H and O–H groups in total. The fourth-order valence-corrected chi connectivity index (χ4v) is 6.14. The average Bonchev–Trinajstić information content (AvgIpc) is 2.80. The molecular weight excluding hydrogens is 394 g/mol. The highest BCUT2D eigenvalue weighted by molar-refractivity contribution is 7.91. The molecule has 0 radical (unpaired) electrons. The highest BCUT2D eigenvalue weighted by Gasteiger charge is 2.50. The predicted molar refractivity (Wildman–Crippen MR) is 120 cm³/mol. The quantitative estimate of drug-likeness (QED) is 0.621. The van der Waals surface area contributed by atoms with Crippen molar-refractivity contribution in [3.63, 3.8) is 0 Å². The number of aliphatic hydroxyl groups excluding tert-OH is 1. The zero-order valence-electron chi connectivity index (χ0n) is 17.0. The molecule has 5 heteroatoms. The van der Waals surface area contributed by atoms with Crippen molar-refractivity contribution in [2.75, 3.05) is 12.3 Å². The molecule has 156 valence electrons. The van der Waals surface area contributed by atoms with Crippen LogP contribution >= 0.6 is 0 Å². The van der Waals surface area contributed by atoms with Gasteiger partial charge in [-0.05, 0) is 16.7 Å². The Morgan fingerprint density at radius 1 is 0.833 bits per heavy atom. The minimum atomic E-state index is -3.37. The predicted octanol–water partition coefficient (Wildman–Crippen LogP) is 4.20. The molecule has 3 unspecified atom stereocenters. The molecule has 0 aliphatic carbocycles. The van der Waals surface area contributed by atoms with Gasteiger partial charge >= 0.3 is 0 Å². The molecule has 3 aromatic carbocycles. The first-order valence-electron chi connectivity index (χ1n) is 10.3. The highest BCUT2D eigenvalue weighted by atomic mass is 32.2. The molecule has 1 fully saturated rings. The van der Waals surface area contributed by atoms with Gasteiger partial charge < -0.3 is 5.11 Å². The molecule has 0 amide bonds. The fraction of sp³-hybridized carbons (Fsp3) is 0.280. The Kier molecular flexibility index (Phi) is 6.04. The van der Waals surface area contributed by atoms with Gasteiger partial charge in [-0.1, -0.05) is 97.9 Å². The Morgan fingerprint density at radius 2 is 1.27 bits per heavy atom. The summed E-state index contributed by atoms with van der Waals surface area (Å²) < 4.78 is 25.9. The maximum absolute atomic E-state index is 13.0. The van der Waals surface area contributed by atoms with Gasteiger partial charge in [-0.2, -0.15) is 0 Å². The van der Waals surface area contributed by atoms with Crippen molar-refractivity contribution in [3.05, 3.63) is 108 Å². The maximum atomic E-state index is 13.0. The van der Waals surface area contributed by atoms with Crippen molar-refractivity contribution < 1.29 is 13.5 Å². The van der Waals surface area contributed by atoms with E-state index < -0.39 is 21.3 Å². The van der Waals surface area contributed by atoms with Gasteiger partial charge in [0.05, 0.1) is 11.3 Å². The summed E-state index contributed by atoms with van der Waals surface area (Å²) >= 11 is 0. The van der Waals surface area contributed by atoms with E-state index in [0.717, 1.165) is 16.7 Å². The standard InChI is InChI=1S/C25H27NO3S/c1-2-30(28,29)24(21-16-10-5-11-17-21)22-18-26(25(22)27)23(19-12-6-3-7-13-19)20-14-8-4-9-15-20/h3-17,22-25,27H,2,18H2,1H3. The smallest absolute Gasteiger partial charge is 0.157 e. The number of sulfone groups is 1. The summed E-state index contributed by atoms with van der Waals surface area (Å²) in [6, 6.07) is 29.3. The van der Waals surface area contributed by atoms with E-state index in [1.54, 1.807) is 6.92 Å². The van der Waals surface area contributed by atoms with Crippen LogP contribution in [0.25, 0.3) is 0 Å². The van der Waals surface area contributed by atoms with Gasteiger partial charge in [0, 0.05) is 18.2 Å². The lowest BCUT2D eigenvalue weighted by molar-refractivity contribution is -0.146. The summed E-state index contributed by atoms with van der Waals surface area (Å²) in [5.74, 6) is -0.316. The van der Waals surface area contributed by atoms with Crippen LogP contribution in [0.15, 0.2) is 91.0 Å². The van der Waals surface area contributed by atoms with E-state index in [1.807, 2.05) is 71.6 Å². The summed E-state index contributed by atoms with van der Waals surface area (Å²) in [7, 11) is -3.37. The van der Waals surface area contributed by atoms with Gasteiger partial charge in [-0.25, -0.2) is 8.42 Å². The number of hydrogen-bond donors (Lipinski definition) is 1. The number of benzene rings is 3. The number of nitrogens with zero attached hydrogens (tertiary/aromatic N) is 1. The second-order valence-corrected chi connectivity index (χ2v) is 10.2. The monoisotopic (exact) mass is 421 g/mol. The number of aliphatic hydroxyl groups is 1. The van der Waals surface area contributed by atoms with Crippen LogP contribution in [0.4, 0.5) is 0 Å². The molecular formula is C25H27NO3S. The third-order valence-electron chi connectivity index (χ3n) is 6.01. The Morgan fingerprint density at radius 3 is 1.67 bits per heavy atom. The average molecular weight is 422 g/mol. The molecule has 3 atom stereocenters. The number of rotatable bonds is 7. The highest BCUT2D eigenvalue weighted by Crippen LogP contribution is 2.45. The summed E-state index contributed by atoms with van der Waals surface area (Å²) in [5, 5.41) is 10.5. The van der Waals surface area contributed by atoms with Crippen LogP contribution < -0.4 is 0 Å². The normalized spacial score (nSPS) is 20.6. The lowest BCUT2D eigenvalue weighted by atomic mass is 9.84. The molecule has 4 nitrogen and oxygen atoms in total. The lowest BCUT2D eigenvalue weighted by Gasteiger charge is -2.51. The van der Waals surface area contributed by atoms with Crippen LogP contribution in [0.3, 0.4) is 0 Å². The van der Waals surface area contributed by atoms with Crippen LogP contribution in [0, 0.1) is 5.92 Å². The Bertz CT molecular complexity index is 1020. The van der Waals surface area contributed by atoms with E-state index in [-0.39, 0.29) is 17.7 Å². The first-order chi connectivity index (χ1) is 14.5. The first-order valence-corrected chi connectivity index (χ1v) is 12.0. The van der Waals surface area contributed by atoms with Crippen molar-refractivity contribution in [1.82, 2.24) is 4.90 Å². The van der Waals surface area contributed by atoms with Gasteiger partial charge in [0.15, 0.2) is 9.84 Å². The molecule has 4 rings (SSSR count). The number of likely N-dealkylation sites (tertiary alicyclic amines) is 1. The molecule has 0 saturated carbocycles. The molecule has 1 saturated heterocycles. The van der Waals surface area contributed by atoms with Crippen LogP contribution in [0.2, 0.25) is 0 Å². The van der Waals surface area contributed by atoms with Crippen molar-refractivity contribution in [3.8, 4) is 0 Å². The topological polar surface area (TPSA) is 57.6 Å². The zero-order chi connectivity index (χ0) is 21.1. The Labute approximate surface area is 178 Å². The first kappa shape index (κ1) is 20.8. The Balaban J connectivity index is 1.68. The van der Waals surface area contributed by atoms with Crippen LogP contribution in [-0.4, -0.2) is 36.9 Å². The zero-order valence-corrected chi connectivity index (χ0v) is 17.8. The Hall–Kier alpha value is -2.47. The van der Waals surface area contributed by atoms with Crippen molar-refractivity contribution in [2.24, 2.45) is 5.92 Å². The molecule has 0 bridgehead atoms. The fourth-order valence-electron chi connectivity index (χ4n) is 4.45. The second-order valence-electron chi connectivity index (χ2n) is 7.78. The van der Waals surface area contributed by atoms with E-state index in [4.69, 9.17) is 0 Å². The summed E-state index contributed by atoms with van der Waals surface area (Å²) in [5.41, 5.74) is 2.91. The molecule has 30 heavy (non-hydrogen) atoms. The maximum Gasteiger partial charge on any atom is 0.157 e. The van der Waals surface area contributed by atoms with Gasteiger partial charge in [-0.15, -0.1) is 0 Å². The minimum Gasteiger partial charge on any atom is -0.378 e. The third kappa shape index (κ3) is 3.93. The lowest BCUT2D eigenvalue weighted by Crippen LogP contribution is -2.60. The van der Waals surface area contributed by atoms with Gasteiger partial charge in [0.2, 0.25) is 0 Å².